The molecular weight excluding hydrogens is 212 g/mol. The summed E-state index contributed by atoms with van der Waals surface area (Å²) in [7, 11) is 1.41. The Hall–Kier alpha value is -1.40. The lowest BCUT2D eigenvalue weighted by atomic mass is 10.2. The molecule has 0 bridgehead atoms. The van der Waals surface area contributed by atoms with E-state index in [9.17, 15) is 9.59 Å². The van der Waals surface area contributed by atoms with Gasteiger partial charge in [-0.05, 0) is 0 Å². The Morgan fingerprint density at radius 2 is 2.25 bits per heavy atom. The molecule has 0 fully saturated rings. The molecule has 1 amide bonds. The first-order valence-electron chi connectivity index (χ1n) is 4.93. The number of methoxy groups -OCH3 is 1. The van der Waals surface area contributed by atoms with Crippen molar-refractivity contribution in [1.29, 1.82) is 0 Å². The van der Waals surface area contributed by atoms with Crippen LogP contribution >= 0.6 is 0 Å². The number of aliphatic carboxylic acids is 1. The average Bonchev–Trinajstić information content (AvgIpc) is 2.24. The SMILES string of the molecule is C=CCNCC(=O)NCC(CC(=O)O)OC. The van der Waals surface area contributed by atoms with Crippen LogP contribution in [0.3, 0.4) is 0 Å². The fourth-order valence-electron chi connectivity index (χ4n) is 1.01. The monoisotopic (exact) mass is 230 g/mol. The molecule has 1 unspecified atom stereocenters. The third-order valence-electron chi connectivity index (χ3n) is 1.84. The van der Waals surface area contributed by atoms with E-state index in [2.05, 4.69) is 17.2 Å². The third kappa shape index (κ3) is 7.95. The number of ether oxygens (including phenoxy) is 1. The zero-order chi connectivity index (χ0) is 12.4. The van der Waals surface area contributed by atoms with Crippen LogP contribution in [0.5, 0.6) is 0 Å². The molecule has 6 nitrogen and oxygen atoms in total. The maximum atomic E-state index is 11.2. The molecule has 0 spiro atoms. The van der Waals surface area contributed by atoms with E-state index in [-0.39, 0.29) is 25.4 Å². The highest BCUT2D eigenvalue weighted by molar-refractivity contribution is 5.78. The van der Waals surface area contributed by atoms with Crippen molar-refractivity contribution >= 4 is 11.9 Å². The number of amides is 1. The average molecular weight is 230 g/mol. The lowest BCUT2D eigenvalue weighted by Gasteiger charge is -2.13. The first-order valence-corrected chi connectivity index (χ1v) is 4.93. The summed E-state index contributed by atoms with van der Waals surface area (Å²) in [6.07, 6.45) is 1.02. The van der Waals surface area contributed by atoms with Crippen LogP contribution in [0.1, 0.15) is 6.42 Å². The first kappa shape index (κ1) is 14.6. The van der Waals surface area contributed by atoms with Crippen LogP contribution in [-0.2, 0) is 14.3 Å². The van der Waals surface area contributed by atoms with Crippen molar-refractivity contribution in [3.8, 4) is 0 Å². The van der Waals surface area contributed by atoms with Crippen molar-refractivity contribution in [2.24, 2.45) is 0 Å². The van der Waals surface area contributed by atoms with Crippen LogP contribution in [0, 0.1) is 0 Å². The van der Waals surface area contributed by atoms with Gasteiger partial charge in [0.05, 0.1) is 19.1 Å². The zero-order valence-corrected chi connectivity index (χ0v) is 9.36. The fourth-order valence-corrected chi connectivity index (χ4v) is 1.01. The van der Waals surface area contributed by atoms with Gasteiger partial charge in [-0.3, -0.25) is 9.59 Å². The number of carbonyl (C=O) groups excluding carboxylic acids is 1. The summed E-state index contributed by atoms with van der Waals surface area (Å²) in [5.41, 5.74) is 0. The van der Waals surface area contributed by atoms with Gasteiger partial charge in [-0.15, -0.1) is 6.58 Å². The summed E-state index contributed by atoms with van der Waals surface area (Å²) in [5.74, 6) is -1.15. The van der Waals surface area contributed by atoms with E-state index in [1.807, 2.05) is 0 Å². The molecule has 0 aliphatic heterocycles. The van der Waals surface area contributed by atoms with Crippen molar-refractivity contribution in [2.75, 3.05) is 26.7 Å². The van der Waals surface area contributed by atoms with Gasteiger partial charge in [0, 0.05) is 20.2 Å². The molecule has 0 saturated carbocycles. The molecule has 0 radical (unpaired) electrons. The highest BCUT2D eigenvalue weighted by Gasteiger charge is 2.12. The lowest BCUT2D eigenvalue weighted by molar-refractivity contribution is -0.140. The van der Waals surface area contributed by atoms with E-state index in [1.165, 1.54) is 7.11 Å². The quantitative estimate of drug-likeness (QED) is 0.362. The molecule has 0 aliphatic carbocycles. The largest absolute Gasteiger partial charge is 0.481 e. The lowest BCUT2D eigenvalue weighted by Crippen LogP contribution is -2.39. The second-order valence-corrected chi connectivity index (χ2v) is 3.18. The number of nitrogens with one attached hydrogen (secondary N) is 2. The minimum absolute atomic E-state index is 0.128. The second kappa shape index (κ2) is 8.87. The highest BCUT2D eigenvalue weighted by atomic mass is 16.5. The van der Waals surface area contributed by atoms with Crippen LogP contribution < -0.4 is 10.6 Å². The van der Waals surface area contributed by atoms with Gasteiger partial charge in [0.25, 0.3) is 0 Å². The van der Waals surface area contributed by atoms with Crippen LogP contribution in [0.15, 0.2) is 12.7 Å². The van der Waals surface area contributed by atoms with Gasteiger partial charge in [-0.25, -0.2) is 0 Å². The Labute approximate surface area is 94.7 Å². The van der Waals surface area contributed by atoms with Gasteiger partial charge in [-0.1, -0.05) is 6.08 Å². The summed E-state index contributed by atoms with van der Waals surface area (Å²) in [5, 5.41) is 13.9. The van der Waals surface area contributed by atoms with E-state index in [0.29, 0.717) is 6.54 Å². The number of hydrogen-bond acceptors (Lipinski definition) is 4. The van der Waals surface area contributed by atoms with Gasteiger partial charge in [-0.2, -0.15) is 0 Å². The van der Waals surface area contributed by atoms with Gasteiger partial charge < -0.3 is 20.5 Å². The van der Waals surface area contributed by atoms with Gasteiger partial charge in [0.2, 0.25) is 5.91 Å². The van der Waals surface area contributed by atoms with Crippen LogP contribution in [-0.4, -0.2) is 49.8 Å². The Morgan fingerprint density at radius 3 is 2.75 bits per heavy atom. The molecule has 6 heteroatoms. The maximum Gasteiger partial charge on any atom is 0.306 e. The molecule has 0 saturated heterocycles. The van der Waals surface area contributed by atoms with Crippen LogP contribution in [0.25, 0.3) is 0 Å². The molecule has 16 heavy (non-hydrogen) atoms. The van der Waals surface area contributed by atoms with Gasteiger partial charge in [0.15, 0.2) is 0 Å². The fraction of sp³-hybridized carbons (Fsp3) is 0.600. The van der Waals surface area contributed by atoms with Crippen molar-refractivity contribution in [3.63, 3.8) is 0 Å². The minimum atomic E-state index is -0.953. The minimum Gasteiger partial charge on any atom is -0.481 e. The molecule has 92 valence electrons. The Bertz CT molecular complexity index is 243. The molecule has 0 heterocycles. The number of hydrogen-bond donors (Lipinski definition) is 3. The third-order valence-corrected chi connectivity index (χ3v) is 1.84. The zero-order valence-electron chi connectivity index (χ0n) is 9.36. The number of rotatable bonds is 9. The molecule has 1 atom stereocenters. The van der Waals surface area contributed by atoms with Crippen molar-refractivity contribution < 1.29 is 19.4 Å². The van der Waals surface area contributed by atoms with Crippen LogP contribution in [0.2, 0.25) is 0 Å². The molecule has 0 aromatic rings. The van der Waals surface area contributed by atoms with Crippen molar-refractivity contribution in [3.05, 3.63) is 12.7 Å². The summed E-state index contributed by atoms with van der Waals surface area (Å²) >= 11 is 0. The van der Waals surface area contributed by atoms with E-state index >= 15 is 0 Å². The molecule has 0 aromatic heterocycles. The maximum absolute atomic E-state index is 11.2. The number of carboxylic acid groups (broad SMARTS) is 1. The summed E-state index contributed by atoms with van der Waals surface area (Å²) in [6.45, 7) is 4.42. The normalized spacial score (nSPS) is 11.8. The molecule has 3 N–H and O–H groups in total. The van der Waals surface area contributed by atoms with E-state index in [1.54, 1.807) is 6.08 Å². The Balaban J connectivity index is 3.70. The Morgan fingerprint density at radius 1 is 1.56 bits per heavy atom. The Kier molecular flexibility index (Phi) is 8.10. The van der Waals surface area contributed by atoms with Crippen molar-refractivity contribution in [1.82, 2.24) is 10.6 Å². The van der Waals surface area contributed by atoms with E-state index in [0.717, 1.165) is 0 Å². The summed E-state index contributed by atoms with van der Waals surface area (Å²) in [4.78, 5) is 21.6. The predicted octanol–water partition coefficient (Wildman–Crippen LogP) is -0.632. The standard InChI is InChI=1S/C10H18N2O4/c1-3-4-11-7-9(13)12-6-8(16-2)5-10(14)15/h3,8,11H,1,4-7H2,2H3,(H,12,13)(H,14,15). The van der Waals surface area contributed by atoms with E-state index < -0.39 is 12.1 Å². The van der Waals surface area contributed by atoms with E-state index in [4.69, 9.17) is 9.84 Å². The predicted molar refractivity (Wildman–Crippen MR) is 59.1 cm³/mol. The first-order chi connectivity index (χ1) is 7.60. The van der Waals surface area contributed by atoms with Gasteiger partial charge in [0.1, 0.15) is 0 Å². The van der Waals surface area contributed by atoms with Crippen LogP contribution in [0.4, 0.5) is 0 Å². The molecular formula is C10H18N2O4. The smallest absolute Gasteiger partial charge is 0.306 e. The number of carboxylic acids is 1. The topological polar surface area (TPSA) is 87.7 Å². The molecule has 0 rings (SSSR count). The molecule has 0 aromatic carbocycles. The number of carbonyl (C=O) groups is 2. The van der Waals surface area contributed by atoms with Gasteiger partial charge >= 0.3 is 5.97 Å². The highest BCUT2D eigenvalue weighted by Crippen LogP contribution is 1.94. The van der Waals surface area contributed by atoms with Crippen molar-refractivity contribution in [2.45, 2.75) is 12.5 Å². The summed E-state index contributed by atoms with van der Waals surface area (Å²) < 4.78 is 4.91. The second-order valence-electron chi connectivity index (χ2n) is 3.18. The summed E-state index contributed by atoms with van der Waals surface area (Å²) in [6, 6.07) is 0. The molecule has 0 aliphatic rings.